The highest BCUT2D eigenvalue weighted by Gasteiger charge is 2.27. The lowest BCUT2D eigenvalue weighted by Gasteiger charge is -2.20. The van der Waals surface area contributed by atoms with Crippen LogP contribution in [0.4, 0.5) is 10.8 Å². The summed E-state index contributed by atoms with van der Waals surface area (Å²) < 4.78 is 10.2. The Labute approximate surface area is 205 Å². The fraction of sp³-hybridized carbons (Fsp3) is 0.250. The van der Waals surface area contributed by atoms with Crippen molar-refractivity contribution in [1.29, 1.82) is 0 Å². The van der Waals surface area contributed by atoms with Gasteiger partial charge < -0.3 is 9.47 Å². The summed E-state index contributed by atoms with van der Waals surface area (Å²) in [6, 6.07) is 13.4. The number of carbonyl (C=O) groups excluding carboxylic acids is 3. The van der Waals surface area contributed by atoms with E-state index < -0.39 is 29.4 Å². The number of nitro groups is 1. The van der Waals surface area contributed by atoms with Gasteiger partial charge in [-0.2, -0.15) is 0 Å². The molecule has 3 aromatic rings. The fourth-order valence-electron chi connectivity index (χ4n) is 3.26. The summed E-state index contributed by atoms with van der Waals surface area (Å²) in [5.74, 6) is -2.14. The predicted molar refractivity (Wildman–Crippen MR) is 129 cm³/mol. The molecule has 0 spiro atoms. The van der Waals surface area contributed by atoms with Crippen molar-refractivity contribution in [3.05, 3.63) is 85.9 Å². The molecule has 0 fully saturated rings. The van der Waals surface area contributed by atoms with Crippen molar-refractivity contribution in [2.24, 2.45) is 0 Å². The monoisotopic (exact) mass is 497 g/mol. The van der Waals surface area contributed by atoms with Crippen LogP contribution in [0.2, 0.25) is 0 Å². The van der Waals surface area contributed by atoms with Crippen LogP contribution in [0.3, 0.4) is 0 Å². The maximum Gasteiger partial charge on any atom is 0.350 e. The number of thiazole rings is 1. The van der Waals surface area contributed by atoms with Gasteiger partial charge in [0.25, 0.3) is 11.6 Å². The van der Waals surface area contributed by atoms with E-state index in [9.17, 15) is 24.5 Å². The minimum Gasteiger partial charge on any atom is -0.462 e. The van der Waals surface area contributed by atoms with Crippen molar-refractivity contribution in [2.75, 3.05) is 18.1 Å². The van der Waals surface area contributed by atoms with Gasteiger partial charge in [0, 0.05) is 5.56 Å². The van der Waals surface area contributed by atoms with Gasteiger partial charge in [0.15, 0.2) is 11.7 Å². The molecule has 0 bridgehead atoms. The number of rotatable bonds is 9. The van der Waals surface area contributed by atoms with E-state index in [0.717, 1.165) is 16.9 Å². The van der Waals surface area contributed by atoms with Crippen molar-refractivity contribution < 1.29 is 28.8 Å². The molecule has 0 aliphatic rings. The minimum atomic E-state index is -0.990. The zero-order valence-corrected chi connectivity index (χ0v) is 20.2. The second-order valence-electron chi connectivity index (χ2n) is 7.40. The molecule has 10 nitrogen and oxygen atoms in total. The van der Waals surface area contributed by atoms with Gasteiger partial charge in [-0.1, -0.05) is 53.8 Å². The number of nitro benzene ring substituents is 1. The number of ether oxygens (including phenoxy) is 2. The minimum absolute atomic E-state index is 0.108. The van der Waals surface area contributed by atoms with Gasteiger partial charge in [-0.05, 0) is 32.4 Å². The average Bonchev–Trinajstić information content (AvgIpc) is 3.22. The molecule has 1 amide bonds. The van der Waals surface area contributed by atoms with Gasteiger partial charge in [0.2, 0.25) is 0 Å². The second-order valence-corrected chi connectivity index (χ2v) is 8.38. The highest BCUT2D eigenvalue weighted by molar-refractivity contribution is 7.17. The Morgan fingerprint density at radius 2 is 1.74 bits per heavy atom. The molecule has 182 valence electrons. The first-order valence-electron chi connectivity index (χ1n) is 10.6. The lowest BCUT2D eigenvalue weighted by molar-refractivity contribution is -0.385. The quantitative estimate of drug-likeness (QED) is 0.244. The molecular formula is C24H23N3O7S. The standard InChI is InChI=1S/C24H23N3O7S/c1-4-33-23(30)21-16(3)25-24(35-21)26(13-17-10-6-5-7-11-17)19(28)14-34-22(29)18-12-8-9-15(2)20(18)27(31)32/h5-12H,4,13-14H2,1-3H3. The summed E-state index contributed by atoms with van der Waals surface area (Å²) in [7, 11) is 0. The molecule has 0 radical (unpaired) electrons. The molecule has 11 heteroatoms. The van der Waals surface area contributed by atoms with Crippen LogP contribution >= 0.6 is 11.3 Å². The van der Waals surface area contributed by atoms with Crippen LogP contribution in [0, 0.1) is 24.0 Å². The Balaban J connectivity index is 1.85. The van der Waals surface area contributed by atoms with Gasteiger partial charge >= 0.3 is 11.9 Å². The Morgan fingerprint density at radius 1 is 1.03 bits per heavy atom. The summed E-state index contributed by atoms with van der Waals surface area (Å²) in [5, 5.41) is 11.6. The third kappa shape index (κ3) is 6.07. The number of anilines is 1. The van der Waals surface area contributed by atoms with Crippen LogP contribution in [0.25, 0.3) is 0 Å². The van der Waals surface area contributed by atoms with Crippen LogP contribution in [-0.2, 0) is 20.8 Å². The number of aromatic nitrogens is 1. The van der Waals surface area contributed by atoms with E-state index >= 15 is 0 Å². The highest BCUT2D eigenvalue weighted by atomic mass is 32.1. The Bertz CT molecular complexity index is 1260. The SMILES string of the molecule is CCOC(=O)c1sc(N(Cc2ccccc2)C(=O)COC(=O)c2cccc(C)c2[N+](=O)[O-])nc1C. The fourth-order valence-corrected chi connectivity index (χ4v) is 4.24. The highest BCUT2D eigenvalue weighted by Crippen LogP contribution is 2.29. The zero-order chi connectivity index (χ0) is 25.5. The number of benzene rings is 2. The maximum atomic E-state index is 13.2. The Morgan fingerprint density at radius 3 is 2.40 bits per heavy atom. The number of amides is 1. The second kappa shape index (κ2) is 11.3. The Hall–Kier alpha value is -4.12. The van der Waals surface area contributed by atoms with Crippen molar-refractivity contribution in [2.45, 2.75) is 27.3 Å². The maximum absolute atomic E-state index is 13.2. The lowest BCUT2D eigenvalue weighted by Crippen LogP contribution is -2.34. The van der Waals surface area contributed by atoms with E-state index in [1.807, 2.05) is 30.3 Å². The van der Waals surface area contributed by atoms with Gasteiger partial charge in [0.1, 0.15) is 10.4 Å². The van der Waals surface area contributed by atoms with E-state index in [1.165, 1.54) is 30.0 Å². The average molecular weight is 498 g/mol. The summed E-state index contributed by atoms with van der Waals surface area (Å²) in [5.41, 5.74) is 0.868. The largest absolute Gasteiger partial charge is 0.462 e. The molecule has 0 unspecified atom stereocenters. The van der Waals surface area contributed by atoms with Gasteiger partial charge in [-0.3, -0.25) is 19.8 Å². The smallest absolute Gasteiger partial charge is 0.350 e. The summed E-state index contributed by atoms with van der Waals surface area (Å²) in [6.45, 7) is 4.45. The third-order valence-electron chi connectivity index (χ3n) is 4.93. The molecule has 0 atom stereocenters. The lowest BCUT2D eigenvalue weighted by atomic mass is 10.1. The molecule has 0 aliphatic carbocycles. The normalized spacial score (nSPS) is 10.5. The van der Waals surface area contributed by atoms with Crippen molar-refractivity contribution in [3.63, 3.8) is 0 Å². The first-order chi connectivity index (χ1) is 16.7. The number of para-hydroxylation sites is 1. The number of esters is 2. The molecule has 3 rings (SSSR count). The summed E-state index contributed by atoms with van der Waals surface area (Å²) >= 11 is 0.992. The number of carbonyl (C=O) groups is 3. The topological polar surface area (TPSA) is 129 Å². The number of hydrogen-bond donors (Lipinski definition) is 0. The van der Waals surface area contributed by atoms with Crippen molar-refractivity contribution in [1.82, 2.24) is 4.98 Å². The Kier molecular flexibility index (Phi) is 8.26. The van der Waals surface area contributed by atoms with E-state index in [2.05, 4.69) is 4.98 Å². The number of nitrogens with zero attached hydrogens (tertiary/aromatic N) is 3. The summed E-state index contributed by atoms with van der Waals surface area (Å²) in [6.07, 6.45) is 0. The molecule has 1 heterocycles. The molecule has 1 aromatic heterocycles. The van der Waals surface area contributed by atoms with Crippen molar-refractivity contribution in [3.8, 4) is 0 Å². The van der Waals surface area contributed by atoms with E-state index in [4.69, 9.17) is 9.47 Å². The summed E-state index contributed by atoms with van der Waals surface area (Å²) in [4.78, 5) is 54.6. The van der Waals surface area contributed by atoms with Crippen LogP contribution in [0.1, 0.15) is 43.8 Å². The van der Waals surface area contributed by atoms with Crippen molar-refractivity contribution >= 4 is 40.0 Å². The van der Waals surface area contributed by atoms with Crippen LogP contribution in [-0.4, -0.2) is 41.0 Å². The van der Waals surface area contributed by atoms with E-state index in [-0.39, 0.29) is 34.4 Å². The van der Waals surface area contributed by atoms with E-state index in [1.54, 1.807) is 13.8 Å². The molecule has 35 heavy (non-hydrogen) atoms. The number of hydrogen-bond acceptors (Lipinski definition) is 9. The van der Waals surface area contributed by atoms with Gasteiger partial charge in [0.05, 0.1) is 23.8 Å². The molecule has 0 saturated heterocycles. The molecule has 0 aliphatic heterocycles. The zero-order valence-electron chi connectivity index (χ0n) is 19.3. The van der Waals surface area contributed by atoms with E-state index in [0.29, 0.717) is 11.3 Å². The third-order valence-corrected chi connectivity index (χ3v) is 6.09. The van der Waals surface area contributed by atoms with Crippen LogP contribution in [0.5, 0.6) is 0 Å². The van der Waals surface area contributed by atoms with Crippen LogP contribution < -0.4 is 4.90 Å². The molecule has 2 aromatic carbocycles. The first kappa shape index (κ1) is 25.5. The molecular weight excluding hydrogens is 474 g/mol. The molecule has 0 N–H and O–H groups in total. The van der Waals surface area contributed by atoms with Gasteiger partial charge in [-0.25, -0.2) is 14.6 Å². The van der Waals surface area contributed by atoms with Gasteiger partial charge in [-0.15, -0.1) is 0 Å². The van der Waals surface area contributed by atoms with Crippen LogP contribution in [0.15, 0.2) is 48.5 Å². The predicted octanol–water partition coefficient (Wildman–Crippen LogP) is 4.24. The molecule has 0 saturated carbocycles. The first-order valence-corrected chi connectivity index (χ1v) is 11.4. The number of aryl methyl sites for hydroxylation is 2.